The molecule has 1 aliphatic rings. The van der Waals surface area contributed by atoms with E-state index >= 15 is 0 Å². The first-order valence-electron chi connectivity index (χ1n) is 6.88. The second-order valence-electron chi connectivity index (χ2n) is 4.88. The van der Waals surface area contributed by atoms with Crippen LogP contribution < -0.4 is 9.47 Å². The molecular formula is C15H21BrO2S. The predicted octanol–water partition coefficient (Wildman–Crippen LogP) is 4.75. The fraction of sp³-hybridized carbons (Fsp3) is 0.600. The first kappa shape index (κ1) is 15.0. The standard InChI is InChI=1S/C15H21BrO2S/c1-12(5-7-16)6-10-19-13-3-4-14-15(11-13)18-9-2-8-17-14/h3-4,11-12H,2,5-10H2,1H3. The van der Waals surface area contributed by atoms with E-state index in [2.05, 4.69) is 35.0 Å². The molecule has 0 saturated heterocycles. The summed E-state index contributed by atoms with van der Waals surface area (Å²) in [7, 11) is 0. The van der Waals surface area contributed by atoms with E-state index in [0.29, 0.717) is 0 Å². The van der Waals surface area contributed by atoms with Gasteiger partial charge >= 0.3 is 0 Å². The number of rotatable bonds is 6. The molecule has 1 aromatic carbocycles. The van der Waals surface area contributed by atoms with Crippen molar-refractivity contribution in [3.63, 3.8) is 0 Å². The Kier molecular flexibility index (Phi) is 6.38. The average molecular weight is 345 g/mol. The third kappa shape index (κ3) is 4.92. The molecule has 1 aliphatic heterocycles. The summed E-state index contributed by atoms with van der Waals surface area (Å²) in [6, 6.07) is 6.28. The van der Waals surface area contributed by atoms with E-state index in [-0.39, 0.29) is 0 Å². The molecule has 0 radical (unpaired) electrons. The van der Waals surface area contributed by atoms with E-state index in [1.165, 1.54) is 17.7 Å². The first-order valence-corrected chi connectivity index (χ1v) is 8.98. The summed E-state index contributed by atoms with van der Waals surface area (Å²) in [5, 5.41) is 1.10. The van der Waals surface area contributed by atoms with Gasteiger partial charge in [-0.15, -0.1) is 11.8 Å². The van der Waals surface area contributed by atoms with E-state index in [9.17, 15) is 0 Å². The van der Waals surface area contributed by atoms with Crippen LogP contribution >= 0.6 is 27.7 Å². The quantitative estimate of drug-likeness (QED) is 0.547. The zero-order valence-electron chi connectivity index (χ0n) is 11.4. The molecule has 0 spiro atoms. The van der Waals surface area contributed by atoms with Gasteiger partial charge in [0.05, 0.1) is 13.2 Å². The molecule has 0 aromatic heterocycles. The molecule has 2 rings (SSSR count). The summed E-state index contributed by atoms with van der Waals surface area (Å²) in [5.74, 6) is 3.73. The maximum absolute atomic E-state index is 5.71. The average Bonchev–Trinajstić information content (AvgIpc) is 2.63. The van der Waals surface area contributed by atoms with Gasteiger partial charge in [-0.2, -0.15) is 0 Å². The summed E-state index contributed by atoms with van der Waals surface area (Å²) < 4.78 is 11.3. The zero-order chi connectivity index (χ0) is 13.5. The van der Waals surface area contributed by atoms with E-state index in [0.717, 1.165) is 48.1 Å². The molecule has 0 fully saturated rings. The third-order valence-corrected chi connectivity index (χ3v) is 4.69. The minimum atomic E-state index is 0.753. The van der Waals surface area contributed by atoms with Gasteiger partial charge in [0.25, 0.3) is 0 Å². The van der Waals surface area contributed by atoms with E-state index in [4.69, 9.17) is 9.47 Å². The lowest BCUT2D eigenvalue weighted by molar-refractivity contribution is 0.297. The second kappa shape index (κ2) is 8.05. The highest BCUT2D eigenvalue weighted by Gasteiger charge is 2.11. The minimum absolute atomic E-state index is 0.753. The van der Waals surface area contributed by atoms with Crippen LogP contribution in [0.1, 0.15) is 26.2 Å². The van der Waals surface area contributed by atoms with Crippen molar-refractivity contribution in [3.05, 3.63) is 18.2 Å². The van der Waals surface area contributed by atoms with Crippen LogP contribution in [0, 0.1) is 5.92 Å². The molecule has 2 nitrogen and oxygen atoms in total. The van der Waals surface area contributed by atoms with Crippen molar-refractivity contribution in [2.45, 2.75) is 31.1 Å². The molecule has 106 valence electrons. The summed E-state index contributed by atoms with van der Waals surface area (Å²) in [4.78, 5) is 1.27. The number of halogens is 1. The highest BCUT2D eigenvalue weighted by Crippen LogP contribution is 2.34. The Morgan fingerprint density at radius 2 is 2.00 bits per heavy atom. The molecule has 1 unspecified atom stereocenters. The van der Waals surface area contributed by atoms with Crippen LogP contribution in [-0.2, 0) is 0 Å². The fourth-order valence-corrected chi connectivity index (χ4v) is 3.83. The Balaban J connectivity index is 1.86. The molecule has 0 bridgehead atoms. The lowest BCUT2D eigenvalue weighted by Crippen LogP contribution is -1.97. The Labute approximate surface area is 128 Å². The van der Waals surface area contributed by atoms with Gasteiger partial charge < -0.3 is 9.47 Å². The van der Waals surface area contributed by atoms with Crippen LogP contribution in [0.4, 0.5) is 0 Å². The molecule has 1 heterocycles. The Morgan fingerprint density at radius 3 is 2.79 bits per heavy atom. The normalized spacial score (nSPS) is 15.9. The summed E-state index contributed by atoms with van der Waals surface area (Å²) in [6.07, 6.45) is 3.47. The number of hydrogen-bond donors (Lipinski definition) is 0. The molecule has 0 aliphatic carbocycles. The van der Waals surface area contributed by atoms with Crippen LogP contribution in [0.15, 0.2) is 23.1 Å². The van der Waals surface area contributed by atoms with Gasteiger partial charge in [0.1, 0.15) is 0 Å². The van der Waals surface area contributed by atoms with Crippen molar-refractivity contribution in [2.75, 3.05) is 24.3 Å². The van der Waals surface area contributed by atoms with Gasteiger partial charge in [0.15, 0.2) is 11.5 Å². The highest BCUT2D eigenvalue weighted by atomic mass is 79.9. The highest BCUT2D eigenvalue weighted by molar-refractivity contribution is 9.09. The van der Waals surface area contributed by atoms with Gasteiger partial charge in [-0.25, -0.2) is 0 Å². The minimum Gasteiger partial charge on any atom is -0.490 e. The topological polar surface area (TPSA) is 18.5 Å². The molecular weight excluding hydrogens is 324 g/mol. The van der Waals surface area contributed by atoms with Crippen LogP contribution in [0.5, 0.6) is 11.5 Å². The first-order chi connectivity index (χ1) is 9.29. The maximum atomic E-state index is 5.71. The number of ether oxygens (including phenoxy) is 2. The number of hydrogen-bond acceptors (Lipinski definition) is 3. The van der Waals surface area contributed by atoms with Crippen LogP contribution in [0.2, 0.25) is 0 Å². The van der Waals surface area contributed by atoms with Gasteiger partial charge in [-0.05, 0) is 42.7 Å². The van der Waals surface area contributed by atoms with Crippen LogP contribution in [-0.4, -0.2) is 24.3 Å². The number of fused-ring (bicyclic) bond motifs is 1. The van der Waals surface area contributed by atoms with Gasteiger partial charge in [-0.1, -0.05) is 22.9 Å². The molecule has 0 saturated carbocycles. The Bertz CT molecular complexity index is 398. The second-order valence-corrected chi connectivity index (χ2v) is 6.84. The predicted molar refractivity (Wildman–Crippen MR) is 85.0 cm³/mol. The lowest BCUT2D eigenvalue weighted by Gasteiger charge is -2.11. The van der Waals surface area contributed by atoms with Crippen molar-refractivity contribution in [1.29, 1.82) is 0 Å². The molecule has 0 amide bonds. The summed E-state index contributed by atoms with van der Waals surface area (Å²) in [6.45, 7) is 3.82. The SMILES string of the molecule is CC(CCBr)CCSc1ccc2c(c1)OCCCO2. The molecule has 19 heavy (non-hydrogen) atoms. The molecule has 1 atom stereocenters. The fourth-order valence-electron chi connectivity index (χ4n) is 1.94. The monoisotopic (exact) mass is 344 g/mol. The van der Waals surface area contributed by atoms with Crippen LogP contribution in [0.25, 0.3) is 0 Å². The van der Waals surface area contributed by atoms with E-state index < -0.39 is 0 Å². The number of benzene rings is 1. The smallest absolute Gasteiger partial charge is 0.162 e. The maximum Gasteiger partial charge on any atom is 0.162 e. The van der Waals surface area contributed by atoms with E-state index in [1.807, 2.05) is 17.8 Å². The van der Waals surface area contributed by atoms with Crippen molar-refractivity contribution in [2.24, 2.45) is 5.92 Å². The lowest BCUT2D eigenvalue weighted by atomic mass is 10.1. The molecule has 4 heteroatoms. The Morgan fingerprint density at radius 1 is 1.21 bits per heavy atom. The molecule has 1 aromatic rings. The summed E-state index contributed by atoms with van der Waals surface area (Å²) in [5.41, 5.74) is 0. The van der Waals surface area contributed by atoms with Gasteiger partial charge in [0, 0.05) is 16.6 Å². The Hall–Kier alpha value is -0.350. The van der Waals surface area contributed by atoms with E-state index in [1.54, 1.807) is 0 Å². The molecule has 0 N–H and O–H groups in total. The van der Waals surface area contributed by atoms with Crippen molar-refractivity contribution in [1.82, 2.24) is 0 Å². The van der Waals surface area contributed by atoms with Crippen molar-refractivity contribution >= 4 is 27.7 Å². The summed E-state index contributed by atoms with van der Waals surface area (Å²) >= 11 is 5.40. The number of thioether (sulfide) groups is 1. The van der Waals surface area contributed by atoms with Crippen molar-refractivity contribution < 1.29 is 9.47 Å². The van der Waals surface area contributed by atoms with Gasteiger partial charge in [-0.3, -0.25) is 0 Å². The van der Waals surface area contributed by atoms with Gasteiger partial charge in [0.2, 0.25) is 0 Å². The number of alkyl halides is 1. The van der Waals surface area contributed by atoms with Crippen molar-refractivity contribution in [3.8, 4) is 11.5 Å². The largest absolute Gasteiger partial charge is 0.490 e. The van der Waals surface area contributed by atoms with Crippen LogP contribution in [0.3, 0.4) is 0 Å². The zero-order valence-corrected chi connectivity index (χ0v) is 13.8. The third-order valence-electron chi connectivity index (χ3n) is 3.20.